The third-order valence-electron chi connectivity index (χ3n) is 3.67. The summed E-state index contributed by atoms with van der Waals surface area (Å²) in [5.41, 5.74) is 2.43. The second-order valence-corrected chi connectivity index (χ2v) is 6.41. The van der Waals surface area contributed by atoms with E-state index in [-0.39, 0.29) is 17.9 Å². The molecule has 0 spiro atoms. The summed E-state index contributed by atoms with van der Waals surface area (Å²) < 4.78 is 0. The molecule has 0 aliphatic carbocycles. The Labute approximate surface area is 132 Å². The standard InChI is InChI=1S/C19H23NO2/c1-19(2,3)16-12-8-7-11-15(16)18(22)20-17(13-21)14-9-5-4-6-10-14/h4-12,17,21H,13H2,1-3H3,(H,20,22)/t17-/m1/s1. The summed E-state index contributed by atoms with van der Waals surface area (Å²) in [6, 6.07) is 16.7. The van der Waals surface area contributed by atoms with Crippen LogP contribution in [-0.4, -0.2) is 17.6 Å². The summed E-state index contributed by atoms with van der Waals surface area (Å²) in [6.45, 7) is 6.12. The van der Waals surface area contributed by atoms with Crippen LogP contribution in [0.2, 0.25) is 0 Å². The van der Waals surface area contributed by atoms with E-state index in [1.807, 2.05) is 54.6 Å². The summed E-state index contributed by atoms with van der Waals surface area (Å²) in [7, 11) is 0. The number of hydrogen-bond acceptors (Lipinski definition) is 2. The first kappa shape index (κ1) is 16.2. The van der Waals surface area contributed by atoms with Gasteiger partial charge in [-0.25, -0.2) is 0 Å². The summed E-state index contributed by atoms with van der Waals surface area (Å²) in [5.74, 6) is -0.159. The number of rotatable bonds is 4. The van der Waals surface area contributed by atoms with E-state index in [1.54, 1.807) is 0 Å². The van der Waals surface area contributed by atoms with Crippen molar-refractivity contribution in [2.24, 2.45) is 0 Å². The lowest BCUT2D eigenvalue weighted by molar-refractivity contribution is 0.0914. The Morgan fingerprint density at radius 3 is 2.23 bits per heavy atom. The second-order valence-electron chi connectivity index (χ2n) is 6.41. The smallest absolute Gasteiger partial charge is 0.252 e. The van der Waals surface area contributed by atoms with Gasteiger partial charge in [-0.15, -0.1) is 0 Å². The van der Waals surface area contributed by atoms with Crippen LogP contribution in [0.25, 0.3) is 0 Å². The molecule has 0 aliphatic heterocycles. The van der Waals surface area contributed by atoms with Crippen LogP contribution in [0.15, 0.2) is 54.6 Å². The molecule has 22 heavy (non-hydrogen) atoms. The minimum atomic E-state index is -0.401. The van der Waals surface area contributed by atoms with Crippen LogP contribution in [0.5, 0.6) is 0 Å². The van der Waals surface area contributed by atoms with Crippen molar-refractivity contribution in [2.45, 2.75) is 32.2 Å². The third-order valence-corrected chi connectivity index (χ3v) is 3.67. The highest BCUT2D eigenvalue weighted by atomic mass is 16.3. The molecule has 2 aromatic carbocycles. The quantitative estimate of drug-likeness (QED) is 0.908. The number of aliphatic hydroxyl groups is 1. The van der Waals surface area contributed by atoms with Crippen LogP contribution in [-0.2, 0) is 5.41 Å². The largest absolute Gasteiger partial charge is 0.394 e. The zero-order valence-corrected chi connectivity index (χ0v) is 13.3. The second kappa shape index (κ2) is 6.75. The molecule has 0 fully saturated rings. The Bertz CT molecular complexity index is 629. The maximum atomic E-state index is 12.6. The lowest BCUT2D eigenvalue weighted by Crippen LogP contribution is -2.32. The number of hydrogen-bond donors (Lipinski definition) is 2. The molecule has 1 amide bonds. The van der Waals surface area contributed by atoms with E-state index in [9.17, 15) is 9.90 Å². The van der Waals surface area contributed by atoms with Crippen molar-refractivity contribution in [2.75, 3.05) is 6.61 Å². The number of carbonyl (C=O) groups excluding carboxylic acids is 1. The molecule has 2 rings (SSSR count). The van der Waals surface area contributed by atoms with E-state index in [0.29, 0.717) is 5.56 Å². The van der Waals surface area contributed by atoms with Gasteiger partial charge in [0, 0.05) is 5.56 Å². The Kier molecular flexibility index (Phi) is 4.99. The maximum Gasteiger partial charge on any atom is 0.252 e. The number of carbonyl (C=O) groups is 1. The monoisotopic (exact) mass is 297 g/mol. The predicted octanol–water partition coefficient (Wildman–Crippen LogP) is 3.45. The van der Waals surface area contributed by atoms with Gasteiger partial charge in [0.05, 0.1) is 12.6 Å². The van der Waals surface area contributed by atoms with Gasteiger partial charge in [-0.1, -0.05) is 69.3 Å². The van der Waals surface area contributed by atoms with E-state index in [1.165, 1.54) is 0 Å². The minimum Gasteiger partial charge on any atom is -0.394 e. The normalized spacial score (nSPS) is 12.7. The Hall–Kier alpha value is -2.13. The van der Waals surface area contributed by atoms with Crippen molar-refractivity contribution < 1.29 is 9.90 Å². The Morgan fingerprint density at radius 1 is 1.05 bits per heavy atom. The molecule has 0 aliphatic rings. The zero-order valence-electron chi connectivity index (χ0n) is 13.3. The fourth-order valence-electron chi connectivity index (χ4n) is 2.49. The van der Waals surface area contributed by atoms with Crippen LogP contribution in [0, 0.1) is 0 Å². The highest BCUT2D eigenvalue weighted by molar-refractivity contribution is 5.96. The SMILES string of the molecule is CC(C)(C)c1ccccc1C(=O)N[C@H](CO)c1ccccc1. The number of amides is 1. The average Bonchev–Trinajstić information content (AvgIpc) is 2.52. The molecule has 0 bridgehead atoms. The van der Waals surface area contributed by atoms with Gasteiger partial charge < -0.3 is 10.4 Å². The van der Waals surface area contributed by atoms with E-state index >= 15 is 0 Å². The lowest BCUT2D eigenvalue weighted by Gasteiger charge is -2.24. The van der Waals surface area contributed by atoms with Crippen molar-refractivity contribution in [3.05, 3.63) is 71.3 Å². The van der Waals surface area contributed by atoms with Crippen LogP contribution in [0.3, 0.4) is 0 Å². The van der Waals surface area contributed by atoms with E-state index < -0.39 is 6.04 Å². The van der Waals surface area contributed by atoms with Crippen molar-refractivity contribution in [1.82, 2.24) is 5.32 Å². The first-order valence-electron chi connectivity index (χ1n) is 7.49. The van der Waals surface area contributed by atoms with Crippen LogP contribution in [0.4, 0.5) is 0 Å². The molecule has 0 aromatic heterocycles. The first-order chi connectivity index (χ1) is 10.4. The molecule has 2 aromatic rings. The number of nitrogens with one attached hydrogen (secondary N) is 1. The fourth-order valence-corrected chi connectivity index (χ4v) is 2.49. The van der Waals surface area contributed by atoms with Gasteiger partial charge in [0.1, 0.15) is 0 Å². The summed E-state index contributed by atoms with van der Waals surface area (Å²) in [5, 5.41) is 12.5. The van der Waals surface area contributed by atoms with Crippen LogP contribution >= 0.6 is 0 Å². The summed E-state index contributed by atoms with van der Waals surface area (Å²) in [6.07, 6.45) is 0. The Balaban J connectivity index is 2.26. The lowest BCUT2D eigenvalue weighted by atomic mass is 9.83. The predicted molar refractivity (Wildman–Crippen MR) is 88.9 cm³/mol. The summed E-state index contributed by atoms with van der Waals surface area (Å²) in [4.78, 5) is 12.6. The van der Waals surface area contributed by atoms with Crippen molar-refractivity contribution >= 4 is 5.91 Å². The van der Waals surface area contributed by atoms with Crippen molar-refractivity contribution in [3.8, 4) is 0 Å². The minimum absolute atomic E-state index is 0.116. The highest BCUT2D eigenvalue weighted by Gasteiger charge is 2.22. The van der Waals surface area contributed by atoms with E-state index in [4.69, 9.17) is 0 Å². The van der Waals surface area contributed by atoms with Crippen molar-refractivity contribution in [1.29, 1.82) is 0 Å². The first-order valence-corrected chi connectivity index (χ1v) is 7.49. The van der Waals surface area contributed by atoms with Crippen molar-refractivity contribution in [3.63, 3.8) is 0 Å². The molecule has 0 radical (unpaired) electrons. The fraction of sp³-hybridized carbons (Fsp3) is 0.316. The molecule has 0 saturated carbocycles. The third kappa shape index (κ3) is 3.74. The van der Waals surface area contributed by atoms with Gasteiger partial charge >= 0.3 is 0 Å². The van der Waals surface area contributed by atoms with Gasteiger partial charge in [-0.3, -0.25) is 4.79 Å². The summed E-state index contributed by atoms with van der Waals surface area (Å²) >= 11 is 0. The number of aliphatic hydroxyl groups excluding tert-OH is 1. The van der Waals surface area contributed by atoms with Gasteiger partial charge in [-0.2, -0.15) is 0 Å². The molecule has 116 valence electrons. The zero-order chi connectivity index (χ0) is 16.2. The molecule has 0 heterocycles. The van der Waals surface area contributed by atoms with Gasteiger partial charge in [-0.05, 0) is 22.6 Å². The van der Waals surface area contributed by atoms with Crippen LogP contribution < -0.4 is 5.32 Å². The van der Waals surface area contributed by atoms with Gasteiger partial charge in [0.15, 0.2) is 0 Å². The van der Waals surface area contributed by atoms with Gasteiger partial charge in [0.25, 0.3) is 5.91 Å². The van der Waals surface area contributed by atoms with E-state index in [2.05, 4.69) is 26.1 Å². The molecule has 1 atom stereocenters. The highest BCUT2D eigenvalue weighted by Crippen LogP contribution is 2.26. The molecular formula is C19H23NO2. The Morgan fingerprint density at radius 2 is 1.64 bits per heavy atom. The van der Waals surface area contributed by atoms with Crippen LogP contribution in [0.1, 0.15) is 48.3 Å². The molecule has 3 nitrogen and oxygen atoms in total. The number of benzene rings is 2. The molecular weight excluding hydrogens is 274 g/mol. The molecule has 3 heteroatoms. The average molecular weight is 297 g/mol. The molecule has 2 N–H and O–H groups in total. The van der Waals surface area contributed by atoms with E-state index in [0.717, 1.165) is 11.1 Å². The molecule has 0 unspecified atom stereocenters. The molecule has 0 saturated heterocycles. The topological polar surface area (TPSA) is 49.3 Å². The maximum absolute atomic E-state index is 12.6. The van der Waals surface area contributed by atoms with Gasteiger partial charge in [0.2, 0.25) is 0 Å².